The molecule has 1 aromatic heterocycles. The van der Waals surface area contributed by atoms with Gasteiger partial charge in [-0.05, 0) is 18.6 Å². The van der Waals surface area contributed by atoms with Crippen LogP contribution in [0.3, 0.4) is 0 Å². The summed E-state index contributed by atoms with van der Waals surface area (Å²) in [6.45, 7) is 1.33. The molecule has 1 aromatic rings. The first-order chi connectivity index (χ1) is 7.29. The number of pyridine rings is 1. The van der Waals surface area contributed by atoms with Crippen molar-refractivity contribution in [1.29, 1.82) is 5.41 Å². The molecule has 0 radical (unpaired) electrons. The largest absolute Gasteiger partial charge is 0.388 e. The lowest BCUT2D eigenvalue weighted by molar-refractivity contribution is 0.135. The number of hydrogen-bond acceptors (Lipinski definition) is 3. The van der Waals surface area contributed by atoms with Crippen molar-refractivity contribution >= 4 is 5.84 Å². The Morgan fingerprint density at radius 3 is 2.93 bits per heavy atom. The van der Waals surface area contributed by atoms with Gasteiger partial charge in [-0.2, -0.15) is 0 Å². The van der Waals surface area contributed by atoms with Gasteiger partial charge in [-0.25, -0.2) is 0 Å². The van der Waals surface area contributed by atoms with Crippen LogP contribution in [0.15, 0.2) is 24.4 Å². The van der Waals surface area contributed by atoms with Gasteiger partial charge in [0.05, 0.1) is 12.4 Å². The van der Waals surface area contributed by atoms with Gasteiger partial charge >= 0.3 is 0 Å². The molecule has 4 heteroatoms. The summed E-state index contributed by atoms with van der Waals surface area (Å²) in [4.78, 5) is 4.19. The lowest BCUT2D eigenvalue weighted by Gasteiger charge is -2.03. The number of ether oxygens (including phenoxy) is 1. The Hall–Kier alpha value is -1.42. The van der Waals surface area contributed by atoms with Crippen LogP contribution in [0.25, 0.3) is 0 Å². The molecule has 0 atom stereocenters. The third-order valence-electron chi connectivity index (χ3n) is 1.96. The van der Waals surface area contributed by atoms with Crippen molar-refractivity contribution in [3.8, 4) is 0 Å². The second-order valence-corrected chi connectivity index (χ2v) is 3.31. The number of nitrogens with one attached hydrogen (secondary N) is 1. The average molecular weight is 207 g/mol. The fourth-order valence-corrected chi connectivity index (χ4v) is 1.19. The van der Waals surface area contributed by atoms with E-state index in [1.54, 1.807) is 6.20 Å². The van der Waals surface area contributed by atoms with Crippen LogP contribution in [0.5, 0.6) is 0 Å². The highest BCUT2D eigenvalue weighted by Gasteiger charge is 1.94. The first-order valence-electron chi connectivity index (χ1n) is 5.09. The number of rotatable bonds is 7. The predicted octanol–water partition coefficient (Wildman–Crippen LogP) is 1.36. The van der Waals surface area contributed by atoms with Crippen LogP contribution in [0, 0.1) is 5.41 Å². The van der Waals surface area contributed by atoms with Crippen LogP contribution in [-0.2, 0) is 11.2 Å². The van der Waals surface area contributed by atoms with E-state index in [1.165, 1.54) is 0 Å². The van der Waals surface area contributed by atoms with E-state index in [0.29, 0.717) is 19.6 Å². The zero-order valence-corrected chi connectivity index (χ0v) is 8.78. The quantitative estimate of drug-likeness (QED) is 0.403. The Balaban J connectivity index is 2.00. The fraction of sp³-hybridized carbons (Fsp3) is 0.455. The van der Waals surface area contributed by atoms with Crippen LogP contribution in [0.1, 0.15) is 18.5 Å². The molecule has 0 aliphatic heterocycles. The van der Waals surface area contributed by atoms with E-state index >= 15 is 0 Å². The number of hydrogen-bond donors (Lipinski definition) is 2. The van der Waals surface area contributed by atoms with Crippen LogP contribution in [0.4, 0.5) is 0 Å². The molecule has 0 amide bonds. The molecule has 0 aromatic carbocycles. The molecule has 82 valence electrons. The Morgan fingerprint density at radius 2 is 2.27 bits per heavy atom. The maximum Gasteiger partial charge on any atom is 0.0906 e. The highest BCUT2D eigenvalue weighted by Crippen LogP contribution is 1.96. The molecular formula is C11H17N3O. The monoisotopic (exact) mass is 207 g/mol. The molecule has 3 N–H and O–H groups in total. The first kappa shape index (κ1) is 11.7. The van der Waals surface area contributed by atoms with Crippen LogP contribution >= 0.6 is 0 Å². The highest BCUT2D eigenvalue weighted by atomic mass is 16.5. The van der Waals surface area contributed by atoms with Gasteiger partial charge in [-0.1, -0.05) is 6.07 Å². The summed E-state index contributed by atoms with van der Waals surface area (Å²) in [5, 5.41) is 7.02. The maximum atomic E-state index is 7.02. The van der Waals surface area contributed by atoms with Gasteiger partial charge in [0.15, 0.2) is 0 Å². The van der Waals surface area contributed by atoms with E-state index in [0.717, 1.165) is 18.5 Å². The van der Waals surface area contributed by atoms with Crippen molar-refractivity contribution in [2.45, 2.75) is 19.3 Å². The molecule has 0 saturated heterocycles. The molecule has 0 spiro atoms. The molecular weight excluding hydrogens is 190 g/mol. The summed E-state index contributed by atoms with van der Waals surface area (Å²) in [5.41, 5.74) is 6.26. The number of aromatic nitrogens is 1. The zero-order valence-electron chi connectivity index (χ0n) is 8.78. The lowest BCUT2D eigenvalue weighted by atomic mass is 10.3. The Bertz CT molecular complexity index is 287. The fourth-order valence-electron chi connectivity index (χ4n) is 1.19. The zero-order chi connectivity index (χ0) is 10.9. The summed E-state index contributed by atoms with van der Waals surface area (Å²) in [7, 11) is 0. The van der Waals surface area contributed by atoms with Gasteiger partial charge in [-0.15, -0.1) is 0 Å². The molecule has 0 fully saturated rings. The minimum absolute atomic E-state index is 0.225. The van der Waals surface area contributed by atoms with Crippen molar-refractivity contribution in [3.63, 3.8) is 0 Å². The Labute approximate surface area is 90.0 Å². The van der Waals surface area contributed by atoms with Crippen LogP contribution in [0.2, 0.25) is 0 Å². The van der Waals surface area contributed by atoms with Crippen LogP contribution < -0.4 is 5.73 Å². The van der Waals surface area contributed by atoms with Crippen molar-refractivity contribution < 1.29 is 4.74 Å². The minimum atomic E-state index is 0.225. The molecule has 15 heavy (non-hydrogen) atoms. The van der Waals surface area contributed by atoms with E-state index < -0.39 is 0 Å². The normalized spacial score (nSPS) is 10.1. The summed E-state index contributed by atoms with van der Waals surface area (Å²) < 4.78 is 5.40. The van der Waals surface area contributed by atoms with Gasteiger partial charge in [0.1, 0.15) is 0 Å². The minimum Gasteiger partial charge on any atom is -0.388 e. The summed E-state index contributed by atoms with van der Waals surface area (Å²) >= 11 is 0. The van der Waals surface area contributed by atoms with Gasteiger partial charge in [0.2, 0.25) is 0 Å². The van der Waals surface area contributed by atoms with E-state index in [9.17, 15) is 0 Å². The second kappa shape index (κ2) is 6.95. The first-order valence-corrected chi connectivity index (χ1v) is 5.09. The van der Waals surface area contributed by atoms with Gasteiger partial charge in [-0.3, -0.25) is 10.4 Å². The standard InChI is InChI=1S/C11H17N3O/c12-11(13)5-3-8-15-9-6-10-4-1-2-7-14-10/h1-2,4,7H,3,5-6,8-9H2,(H3,12,13). The van der Waals surface area contributed by atoms with Gasteiger partial charge in [0.25, 0.3) is 0 Å². The maximum absolute atomic E-state index is 7.02. The second-order valence-electron chi connectivity index (χ2n) is 3.31. The Morgan fingerprint density at radius 1 is 1.40 bits per heavy atom. The van der Waals surface area contributed by atoms with Crippen molar-refractivity contribution in [3.05, 3.63) is 30.1 Å². The van der Waals surface area contributed by atoms with E-state index in [2.05, 4.69) is 4.98 Å². The topological polar surface area (TPSA) is 72.0 Å². The molecule has 0 unspecified atom stereocenters. The average Bonchev–Trinajstić information content (AvgIpc) is 2.24. The lowest BCUT2D eigenvalue weighted by Crippen LogP contribution is -2.10. The third-order valence-corrected chi connectivity index (χ3v) is 1.96. The molecule has 0 saturated carbocycles. The van der Waals surface area contributed by atoms with Crippen molar-refractivity contribution in [1.82, 2.24) is 4.98 Å². The molecule has 0 aliphatic carbocycles. The number of nitrogens with zero attached hydrogens (tertiary/aromatic N) is 1. The van der Waals surface area contributed by atoms with E-state index in [1.807, 2.05) is 18.2 Å². The SMILES string of the molecule is N=C(N)CCCOCCc1ccccn1. The smallest absolute Gasteiger partial charge is 0.0906 e. The molecule has 1 heterocycles. The van der Waals surface area contributed by atoms with Crippen molar-refractivity contribution in [2.24, 2.45) is 5.73 Å². The molecule has 1 rings (SSSR count). The Kier molecular flexibility index (Phi) is 5.40. The van der Waals surface area contributed by atoms with Crippen LogP contribution in [-0.4, -0.2) is 24.0 Å². The number of nitrogens with two attached hydrogens (primary N) is 1. The third kappa shape index (κ3) is 5.80. The van der Waals surface area contributed by atoms with E-state index in [-0.39, 0.29) is 5.84 Å². The number of amidine groups is 1. The summed E-state index contributed by atoms with van der Waals surface area (Å²) in [6, 6.07) is 5.86. The van der Waals surface area contributed by atoms with Gasteiger partial charge in [0, 0.05) is 31.3 Å². The summed E-state index contributed by atoms with van der Waals surface area (Å²) in [6.07, 6.45) is 4.05. The van der Waals surface area contributed by atoms with Crippen molar-refractivity contribution in [2.75, 3.05) is 13.2 Å². The highest BCUT2D eigenvalue weighted by molar-refractivity contribution is 5.76. The molecule has 0 bridgehead atoms. The van der Waals surface area contributed by atoms with Gasteiger partial charge < -0.3 is 10.5 Å². The summed E-state index contributed by atoms with van der Waals surface area (Å²) in [5.74, 6) is 0.225. The molecule has 4 nitrogen and oxygen atoms in total. The van der Waals surface area contributed by atoms with E-state index in [4.69, 9.17) is 15.9 Å². The molecule has 0 aliphatic rings. The predicted molar refractivity (Wildman–Crippen MR) is 59.9 cm³/mol.